The molecule has 1 N–H and O–H groups in total. The summed E-state index contributed by atoms with van der Waals surface area (Å²) >= 11 is 7.80. The molecule has 0 bridgehead atoms. The van der Waals surface area contributed by atoms with E-state index in [4.69, 9.17) is 11.6 Å². The molecule has 6 nitrogen and oxygen atoms in total. The van der Waals surface area contributed by atoms with E-state index in [1.807, 2.05) is 16.3 Å². The van der Waals surface area contributed by atoms with Gasteiger partial charge < -0.3 is 10.2 Å². The van der Waals surface area contributed by atoms with Gasteiger partial charge in [0.2, 0.25) is 5.91 Å². The zero-order valence-electron chi connectivity index (χ0n) is 13.2. The number of hydrogen-bond donors (Lipinski definition) is 1. The second kappa shape index (κ2) is 7.90. The van der Waals surface area contributed by atoms with Crippen molar-refractivity contribution in [3.05, 3.63) is 34.3 Å². The zero-order valence-corrected chi connectivity index (χ0v) is 14.7. The van der Waals surface area contributed by atoms with Crippen LogP contribution in [-0.2, 0) is 16.0 Å². The van der Waals surface area contributed by atoms with Crippen LogP contribution in [0.15, 0.2) is 39.6 Å². The van der Waals surface area contributed by atoms with Crippen molar-refractivity contribution in [1.82, 2.24) is 10.2 Å². The molecule has 8 heteroatoms. The van der Waals surface area contributed by atoms with Crippen molar-refractivity contribution in [1.29, 1.82) is 0 Å². The highest BCUT2D eigenvalue weighted by atomic mass is 35.5. The lowest BCUT2D eigenvalue weighted by Gasteiger charge is -2.35. The fourth-order valence-corrected chi connectivity index (χ4v) is 3.88. The highest BCUT2D eigenvalue weighted by molar-refractivity contribution is 7.09. The third-order valence-corrected chi connectivity index (χ3v) is 5.65. The minimum absolute atomic E-state index is 0.0138. The molecule has 3 heterocycles. The van der Waals surface area contributed by atoms with Crippen LogP contribution in [0.2, 0.25) is 0 Å². The maximum absolute atomic E-state index is 12.3. The van der Waals surface area contributed by atoms with Crippen LogP contribution in [0, 0.1) is 5.92 Å². The SMILES string of the molecule is O=C(NCCc1cccs1)C1CCN(C2=CN=NC(=O)C2Cl)CC1. The van der Waals surface area contributed by atoms with Gasteiger partial charge in [0.05, 0.1) is 11.9 Å². The summed E-state index contributed by atoms with van der Waals surface area (Å²) in [5.74, 6) is -0.301. The fourth-order valence-electron chi connectivity index (χ4n) is 2.94. The summed E-state index contributed by atoms with van der Waals surface area (Å²) in [5.41, 5.74) is 0.688. The fraction of sp³-hybridized carbons (Fsp3) is 0.500. The monoisotopic (exact) mass is 366 g/mol. The summed E-state index contributed by atoms with van der Waals surface area (Å²) in [5, 5.41) is 11.4. The number of rotatable bonds is 5. The van der Waals surface area contributed by atoms with E-state index in [2.05, 4.69) is 21.6 Å². The van der Waals surface area contributed by atoms with Crippen LogP contribution in [0.5, 0.6) is 0 Å². The summed E-state index contributed by atoms with van der Waals surface area (Å²) in [6.45, 7) is 2.06. The topological polar surface area (TPSA) is 74.1 Å². The number of azo groups is 1. The van der Waals surface area contributed by atoms with Crippen molar-refractivity contribution in [2.75, 3.05) is 19.6 Å². The van der Waals surface area contributed by atoms with Crippen molar-refractivity contribution in [2.24, 2.45) is 16.1 Å². The minimum Gasteiger partial charge on any atom is -0.372 e. The minimum atomic E-state index is -0.765. The average Bonchev–Trinajstić information content (AvgIpc) is 3.11. The van der Waals surface area contributed by atoms with Gasteiger partial charge in [-0.1, -0.05) is 6.07 Å². The lowest BCUT2D eigenvalue weighted by atomic mass is 9.95. The standard InChI is InChI=1S/C16H19ClN4O2S/c17-14-13(10-19-20-16(14)23)21-7-4-11(5-8-21)15(22)18-6-3-12-2-1-9-24-12/h1-2,9-11,14H,3-8H2,(H,18,22). The summed E-state index contributed by atoms with van der Waals surface area (Å²) < 4.78 is 0. The molecule has 0 radical (unpaired) electrons. The number of halogens is 1. The number of alkyl halides is 1. The van der Waals surface area contributed by atoms with Gasteiger partial charge in [-0.15, -0.1) is 28.1 Å². The van der Waals surface area contributed by atoms with Crippen molar-refractivity contribution >= 4 is 34.8 Å². The Morgan fingerprint density at radius 2 is 2.21 bits per heavy atom. The van der Waals surface area contributed by atoms with E-state index in [1.54, 1.807) is 17.5 Å². The normalized spacial score (nSPS) is 21.7. The molecule has 128 valence electrons. The Bertz CT molecular complexity index is 651. The number of hydrogen-bond acceptors (Lipinski definition) is 5. The first kappa shape index (κ1) is 17.1. The Labute approximate surface area is 149 Å². The number of thiophene rings is 1. The average molecular weight is 367 g/mol. The third kappa shape index (κ3) is 4.02. The van der Waals surface area contributed by atoms with Gasteiger partial charge in [0.15, 0.2) is 5.38 Å². The van der Waals surface area contributed by atoms with E-state index in [-0.39, 0.29) is 11.8 Å². The first-order valence-electron chi connectivity index (χ1n) is 7.99. The largest absolute Gasteiger partial charge is 0.372 e. The second-order valence-electron chi connectivity index (χ2n) is 5.85. The molecule has 1 saturated heterocycles. The molecule has 1 aromatic heterocycles. The number of likely N-dealkylation sites (tertiary alicyclic amines) is 1. The summed E-state index contributed by atoms with van der Waals surface area (Å²) in [7, 11) is 0. The Kier molecular flexibility index (Phi) is 5.63. The molecule has 3 rings (SSSR count). The molecule has 0 spiro atoms. The van der Waals surface area contributed by atoms with E-state index >= 15 is 0 Å². The van der Waals surface area contributed by atoms with E-state index < -0.39 is 11.3 Å². The number of nitrogens with zero attached hydrogens (tertiary/aromatic N) is 3. The summed E-state index contributed by atoms with van der Waals surface area (Å²) in [6, 6.07) is 4.10. The molecule has 2 amide bonds. The van der Waals surface area contributed by atoms with E-state index in [0.29, 0.717) is 25.3 Å². The van der Waals surface area contributed by atoms with Gasteiger partial charge in [0.1, 0.15) is 0 Å². The molecule has 0 aliphatic carbocycles. The number of carbonyl (C=O) groups is 2. The number of piperidine rings is 1. The molecule has 2 aliphatic rings. The predicted molar refractivity (Wildman–Crippen MR) is 92.9 cm³/mol. The van der Waals surface area contributed by atoms with Crippen LogP contribution in [0.1, 0.15) is 17.7 Å². The van der Waals surface area contributed by atoms with E-state index in [1.165, 1.54) is 4.88 Å². The van der Waals surface area contributed by atoms with E-state index in [9.17, 15) is 9.59 Å². The molecule has 1 aromatic rings. The second-order valence-corrected chi connectivity index (χ2v) is 7.32. The van der Waals surface area contributed by atoms with Crippen molar-refractivity contribution in [2.45, 2.75) is 24.6 Å². The first-order chi connectivity index (χ1) is 11.6. The van der Waals surface area contributed by atoms with Crippen LogP contribution in [0.4, 0.5) is 0 Å². The van der Waals surface area contributed by atoms with Gasteiger partial charge in [-0.05, 0) is 30.7 Å². The van der Waals surface area contributed by atoms with Crippen LogP contribution in [0.3, 0.4) is 0 Å². The molecular formula is C16H19ClN4O2S. The smallest absolute Gasteiger partial charge is 0.288 e. The summed E-state index contributed by atoms with van der Waals surface area (Å²) in [6.07, 6.45) is 3.91. The molecular weight excluding hydrogens is 348 g/mol. The van der Waals surface area contributed by atoms with Crippen LogP contribution in [-0.4, -0.2) is 41.7 Å². The number of amides is 2. The Morgan fingerprint density at radius 1 is 1.42 bits per heavy atom. The molecule has 1 atom stereocenters. The molecule has 2 aliphatic heterocycles. The lowest BCUT2D eigenvalue weighted by Crippen LogP contribution is -2.42. The highest BCUT2D eigenvalue weighted by Crippen LogP contribution is 2.26. The Morgan fingerprint density at radius 3 is 2.92 bits per heavy atom. The predicted octanol–water partition coefficient (Wildman–Crippen LogP) is 2.56. The van der Waals surface area contributed by atoms with Crippen LogP contribution in [0.25, 0.3) is 0 Å². The van der Waals surface area contributed by atoms with Gasteiger partial charge in [-0.25, -0.2) is 0 Å². The van der Waals surface area contributed by atoms with Gasteiger partial charge in [0.25, 0.3) is 5.91 Å². The third-order valence-electron chi connectivity index (χ3n) is 4.30. The van der Waals surface area contributed by atoms with Crippen molar-refractivity contribution < 1.29 is 9.59 Å². The molecule has 1 unspecified atom stereocenters. The molecule has 24 heavy (non-hydrogen) atoms. The number of carbonyl (C=O) groups excluding carboxylic acids is 2. The Balaban J connectivity index is 1.44. The van der Waals surface area contributed by atoms with Gasteiger partial charge in [-0.2, -0.15) is 5.11 Å². The number of nitrogens with one attached hydrogen (secondary N) is 1. The first-order valence-corrected chi connectivity index (χ1v) is 9.30. The molecule has 0 aromatic carbocycles. The van der Waals surface area contributed by atoms with Gasteiger partial charge in [-0.3, -0.25) is 9.59 Å². The maximum Gasteiger partial charge on any atom is 0.288 e. The Hall–Kier alpha value is -1.73. The van der Waals surface area contributed by atoms with Crippen LogP contribution < -0.4 is 5.32 Å². The lowest BCUT2D eigenvalue weighted by molar-refractivity contribution is -0.126. The van der Waals surface area contributed by atoms with Crippen molar-refractivity contribution in [3.8, 4) is 0 Å². The van der Waals surface area contributed by atoms with Crippen molar-refractivity contribution in [3.63, 3.8) is 0 Å². The molecule has 0 saturated carbocycles. The zero-order chi connectivity index (χ0) is 16.9. The van der Waals surface area contributed by atoms with Crippen LogP contribution >= 0.6 is 22.9 Å². The van der Waals surface area contributed by atoms with Gasteiger partial charge >= 0.3 is 0 Å². The quantitative estimate of drug-likeness (QED) is 0.814. The summed E-state index contributed by atoms with van der Waals surface area (Å²) in [4.78, 5) is 27.1. The maximum atomic E-state index is 12.3. The molecule has 1 fully saturated rings. The highest BCUT2D eigenvalue weighted by Gasteiger charge is 2.31. The van der Waals surface area contributed by atoms with E-state index in [0.717, 1.165) is 19.3 Å². The van der Waals surface area contributed by atoms with Gasteiger partial charge in [0, 0.05) is 30.4 Å².